The monoisotopic (exact) mass is 404 g/mol. The van der Waals surface area contributed by atoms with E-state index < -0.39 is 0 Å². The summed E-state index contributed by atoms with van der Waals surface area (Å²) >= 11 is 1.52. The van der Waals surface area contributed by atoms with Crippen LogP contribution < -0.4 is 5.32 Å². The van der Waals surface area contributed by atoms with Gasteiger partial charge in [0.25, 0.3) is 5.91 Å². The fraction of sp³-hybridized carbons (Fsp3) is 0.217. The number of nitrogens with one attached hydrogen (secondary N) is 1. The van der Waals surface area contributed by atoms with Crippen LogP contribution in [-0.2, 0) is 13.0 Å². The number of amides is 1. The summed E-state index contributed by atoms with van der Waals surface area (Å²) in [6, 6.07) is 18.3. The van der Waals surface area contributed by atoms with Crippen molar-refractivity contribution < 1.29 is 4.79 Å². The average Bonchev–Trinajstić information content (AvgIpc) is 3.34. The van der Waals surface area contributed by atoms with Gasteiger partial charge in [0.1, 0.15) is 5.69 Å². The fourth-order valence-corrected chi connectivity index (χ4v) is 4.05. The van der Waals surface area contributed by atoms with Gasteiger partial charge in [-0.3, -0.25) is 4.79 Å². The third-order valence-electron chi connectivity index (χ3n) is 4.80. The number of likely N-dealkylation sites (N-methyl/N-ethyl adjacent to an activating group) is 1. The molecule has 0 aliphatic carbocycles. The second-order valence-corrected chi connectivity index (χ2v) is 8.27. The Morgan fingerprint density at radius 1 is 1.14 bits per heavy atom. The van der Waals surface area contributed by atoms with Crippen LogP contribution in [-0.4, -0.2) is 41.0 Å². The van der Waals surface area contributed by atoms with E-state index >= 15 is 0 Å². The number of hydrogen-bond acceptors (Lipinski definition) is 4. The second kappa shape index (κ2) is 8.59. The summed E-state index contributed by atoms with van der Waals surface area (Å²) in [7, 11) is 4.14. The van der Waals surface area contributed by atoms with Crippen molar-refractivity contribution in [1.29, 1.82) is 0 Å². The van der Waals surface area contributed by atoms with E-state index in [9.17, 15) is 4.79 Å². The maximum Gasteiger partial charge on any atom is 0.275 e. The molecule has 0 radical (unpaired) electrons. The van der Waals surface area contributed by atoms with Crippen LogP contribution in [0.15, 0.2) is 66.2 Å². The smallest absolute Gasteiger partial charge is 0.275 e. The fourth-order valence-electron chi connectivity index (χ4n) is 3.24. The molecule has 4 rings (SSSR count). The van der Waals surface area contributed by atoms with E-state index in [1.54, 1.807) is 0 Å². The van der Waals surface area contributed by atoms with Crippen LogP contribution in [0, 0.1) is 0 Å². The van der Waals surface area contributed by atoms with Gasteiger partial charge in [-0.1, -0.05) is 30.3 Å². The normalized spacial score (nSPS) is 11.3. The van der Waals surface area contributed by atoms with Gasteiger partial charge in [0.05, 0.1) is 5.01 Å². The Balaban J connectivity index is 1.43. The van der Waals surface area contributed by atoms with Crippen LogP contribution in [0.2, 0.25) is 0 Å². The van der Waals surface area contributed by atoms with Crippen LogP contribution >= 0.6 is 11.3 Å². The van der Waals surface area contributed by atoms with Gasteiger partial charge < -0.3 is 14.8 Å². The lowest BCUT2D eigenvalue weighted by molar-refractivity contribution is 0.102. The Kier molecular flexibility index (Phi) is 5.74. The van der Waals surface area contributed by atoms with Gasteiger partial charge in [0.2, 0.25) is 0 Å². The van der Waals surface area contributed by atoms with E-state index in [4.69, 9.17) is 0 Å². The third-order valence-corrected chi connectivity index (χ3v) is 5.65. The van der Waals surface area contributed by atoms with E-state index in [2.05, 4.69) is 64.3 Å². The molecule has 0 aliphatic heterocycles. The van der Waals surface area contributed by atoms with Crippen LogP contribution in [0.3, 0.4) is 0 Å². The van der Waals surface area contributed by atoms with Crippen molar-refractivity contribution in [2.24, 2.45) is 0 Å². The first-order chi connectivity index (χ1) is 14.1. The topological polar surface area (TPSA) is 50.2 Å². The first-order valence-corrected chi connectivity index (χ1v) is 10.5. The molecule has 2 aromatic carbocycles. The summed E-state index contributed by atoms with van der Waals surface area (Å²) in [5.74, 6) is -0.174. The minimum atomic E-state index is -0.174. The highest BCUT2D eigenvalue weighted by Crippen LogP contribution is 2.22. The lowest BCUT2D eigenvalue weighted by Gasteiger charge is -2.11. The molecule has 5 nitrogen and oxygen atoms in total. The molecule has 1 N–H and O–H groups in total. The molecule has 0 saturated carbocycles. The van der Waals surface area contributed by atoms with E-state index in [0.717, 1.165) is 35.6 Å². The maximum absolute atomic E-state index is 12.6. The zero-order valence-corrected chi connectivity index (χ0v) is 17.4. The number of nitrogens with zero attached hydrogens (tertiary/aromatic N) is 3. The molecule has 2 aromatic heterocycles. The van der Waals surface area contributed by atoms with E-state index in [0.29, 0.717) is 5.69 Å². The molecular weight excluding hydrogens is 380 g/mol. The molecule has 1 amide bonds. The standard InChI is InChI=1S/C23H24N4OS/c1-26(2)12-13-27-11-10-18-15-19(8-9-21(18)27)24-23(28)20-16-29-22(25-20)14-17-6-4-3-5-7-17/h3-11,15-16H,12-14H2,1-2H3,(H,24,28). The molecule has 0 aliphatic rings. The van der Waals surface area contributed by atoms with E-state index in [-0.39, 0.29) is 5.91 Å². The summed E-state index contributed by atoms with van der Waals surface area (Å²) in [6.07, 6.45) is 2.83. The summed E-state index contributed by atoms with van der Waals surface area (Å²) in [5.41, 5.74) is 3.61. The van der Waals surface area contributed by atoms with Crippen molar-refractivity contribution in [3.63, 3.8) is 0 Å². The highest BCUT2D eigenvalue weighted by atomic mass is 32.1. The Hall–Kier alpha value is -2.96. The van der Waals surface area contributed by atoms with Gasteiger partial charge in [-0.15, -0.1) is 11.3 Å². The Labute approximate surface area is 174 Å². The van der Waals surface area contributed by atoms with Gasteiger partial charge in [-0.25, -0.2) is 4.98 Å². The lowest BCUT2D eigenvalue weighted by Crippen LogP contribution is -2.17. The van der Waals surface area contributed by atoms with E-state index in [1.165, 1.54) is 22.4 Å². The highest BCUT2D eigenvalue weighted by Gasteiger charge is 2.12. The zero-order valence-electron chi connectivity index (χ0n) is 16.6. The van der Waals surface area contributed by atoms with Crippen molar-refractivity contribution in [3.05, 3.63) is 82.4 Å². The number of rotatable bonds is 7. The van der Waals surface area contributed by atoms with Crippen molar-refractivity contribution in [1.82, 2.24) is 14.5 Å². The van der Waals surface area contributed by atoms with Crippen LogP contribution in [0.25, 0.3) is 10.9 Å². The van der Waals surface area contributed by atoms with Gasteiger partial charge in [0.15, 0.2) is 0 Å². The maximum atomic E-state index is 12.6. The van der Waals surface area contributed by atoms with Crippen molar-refractivity contribution in [2.75, 3.05) is 26.0 Å². The molecule has 4 aromatic rings. The first kappa shape index (κ1) is 19.4. The SMILES string of the molecule is CN(C)CCn1ccc2cc(NC(=O)c3csc(Cc4ccccc4)n3)ccc21. The van der Waals surface area contributed by atoms with Crippen molar-refractivity contribution in [2.45, 2.75) is 13.0 Å². The molecule has 0 fully saturated rings. The third kappa shape index (κ3) is 4.72. The highest BCUT2D eigenvalue weighted by molar-refractivity contribution is 7.09. The number of carbonyl (C=O) groups is 1. The Morgan fingerprint density at radius 2 is 1.97 bits per heavy atom. The molecule has 0 saturated heterocycles. The van der Waals surface area contributed by atoms with Gasteiger partial charge in [-0.05, 0) is 43.9 Å². The summed E-state index contributed by atoms with van der Waals surface area (Å²) in [6.45, 7) is 1.92. The minimum absolute atomic E-state index is 0.174. The molecule has 148 valence electrons. The molecule has 0 atom stereocenters. The number of hydrogen-bond donors (Lipinski definition) is 1. The quantitative estimate of drug-likeness (QED) is 0.493. The minimum Gasteiger partial charge on any atom is -0.346 e. The predicted molar refractivity (Wildman–Crippen MR) is 120 cm³/mol. The van der Waals surface area contributed by atoms with Crippen LogP contribution in [0.1, 0.15) is 21.1 Å². The largest absolute Gasteiger partial charge is 0.346 e. The van der Waals surface area contributed by atoms with Gasteiger partial charge in [-0.2, -0.15) is 0 Å². The summed E-state index contributed by atoms with van der Waals surface area (Å²) < 4.78 is 2.23. The van der Waals surface area contributed by atoms with Crippen LogP contribution in [0.5, 0.6) is 0 Å². The number of benzene rings is 2. The van der Waals surface area contributed by atoms with Gasteiger partial charge >= 0.3 is 0 Å². The summed E-state index contributed by atoms with van der Waals surface area (Å²) in [4.78, 5) is 19.3. The Morgan fingerprint density at radius 3 is 2.76 bits per heavy atom. The molecule has 0 bridgehead atoms. The van der Waals surface area contributed by atoms with Crippen molar-refractivity contribution >= 4 is 33.8 Å². The van der Waals surface area contributed by atoms with Crippen molar-refractivity contribution in [3.8, 4) is 0 Å². The zero-order chi connectivity index (χ0) is 20.2. The lowest BCUT2D eigenvalue weighted by atomic mass is 10.2. The number of aromatic nitrogens is 2. The van der Waals surface area contributed by atoms with Crippen LogP contribution in [0.4, 0.5) is 5.69 Å². The summed E-state index contributed by atoms with van der Waals surface area (Å²) in [5, 5.41) is 6.85. The molecule has 29 heavy (non-hydrogen) atoms. The molecule has 0 unspecified atom stereocenters. The number of thiazole rings is 1. The number of fused-ring (bicyclic) bond motifs is 1. The first-order valence-electron chi connectivity index (χ1n) is 9.62. The molecule has 2 heterocycles. The number of carbonyl (C=O) groups excluding carboxylic acids is 1. The predicted octanol–water partition coefficient (Wildman–Crippen LogP) is 4.50. The molecule has 0 spiro atoms. The molecule has 6 heteroatoms. The average molecular weight is 405 g/mol. The molecular formula is C23H24N4OS. The second-order valence-electron chi connectivity index (χ2n) is 7.33. The van der Waals surface area contributed by atoms with E-state index in [1.807, 2.05) is 35.7 Å². The Bertz CT molecular complexity index is 1110. The van der Waals surface area contributed by atoms with Gasteiger partial charge in [0, 0.05) is 47.7 Å². The number of anilines is 1.